The van der Waals surface area contributed by atoms with E-state index in [1.807, 2.05) is 6.07 Å². The van der Waals surface area contributed by atoms with E-state index in [0.717, 1.165) is 11.6 Å². The van der Waals surface area contributed by atoms with Crippen molar-refractivity contribution in [1.82, 2.24) is 5.32 Å². The fourth-order valence-corrected chi connectivity index (χ4v) is 2.42. The highest BCUT2D eigenvalue weighted by Crippen LogP contribution is 2.23. The Morgan fingerprint density at radius 3 is 2.60 bits per heavy atom. The van der Waals surface area contributed by atoms with Gasteiger partial charge in [-0.05, 0) is 24.5 Å². The van der Waals surface area contributed by atoms with Gasteiger partial charge in [0.15, 0.2) is 5.06 Å². The lowest BCUT2D eigenvalue weighted by molar-refractivity contribution is 0.389. The fourth-order valence-electron chi connectivity index (χ4n) is 1.65. The average Bonchev–Trinajstić information content (AvgIpc) is 2.66. The second-order valence-electron chi connectivity index (χ2n) is 4.06. The summed E-state index contributed by atoms with van der Waals surface area (Å²) in [5.41, 5.74) is 0. The second-order valence-corrected chi connectivity index (χ2v) is 5.20. The standard InChI is InChI=1S/C12H21NOS/c1-5-11(9(2)3)13-8-10-6-7-12(14-4)15-10/h6-7,9,11,13H,5,8H2,1-4H3. The molecule has 2 nitrogen and oxygen atoms in total. The predicted molar refractivity (Wildman–Crippen MR) is 66.6 cm³/mol. The molecule has 0 aliphatic heterocycles. The summed E-state index contributed by atoms with van der Waals surface area (Å²) >= 11 is 1.71. The molecule has 0 bridgehead atoms. The molecule has 0 fully saturated rings. The summed E-state index contributed by atoms with van der Waals surface area (Å²) in [5.74, 6) is 0.692. The third-order valence-electron chi connectivity index (χ3n) is 2.62. The molecule has 0 amide bonds. The third-order valence-corrected chi connectivity index (χ3v) is 3.67. The Hall–Kier alpha value is -0.540. The van der Waals surface area contributed by atoms with E-state index >= 15 is 0 Å². The van der Waals surface area contributed by atoms with Gasteiger partial charge in [-0.15, -0.1) is 11.3 Å². The van der Waals surface area contributed by atoms with E-state index in [0.29, 0.717) is 12.0 Å². The smallest absolute Gasteiger partial charge is 0.173 e. The quantitative estimate of drug-likeness (QED) is 0.805. The Balaban J connectivity index is 2.41. The molecule has 1 unspecified atom stereocenters. The Morgan fingerprint density at radius 2 is 2.13 bits per heavy atom. The van der Waals surface area contributed by atoms with Crippen molar-refractivity contribution >= 4 is 11.3 Å². The van der Waals surface area contributed by atoms with Gasteiger partial charge < -0.3 is 10.1 Å². The maximum atomic E-state index is 5.17. The highest BCUT2D eigenvalue weighted by Gasteiger charge is 2.10. The van der Waals surface area contributed by atoms with Crippen LogP contribution in [-0.4, -0.2) is 13.2 Å². The SMILES string of the molecule is CCC(NCc1ccc(OC)s1)C(C)C. The van der Waals surface area contributed by atoms with Gasteiger partial charge in [0.25, 0.3) is 0 Å². The number of rotatable bonds is 6. The van der Waals surface area contributed by atoms with Crippen LogP contribution in [0.5, 0.6) is 5.06 Å². The largest absolute Gasteiger partial charge is 0.487 e. The number of ether oxygens (including phenoxy) is 1. The zero-order chi connectivity index (χ0) is 11.3. The molecule has 1 rings (SSSR count). The fraction of sp³-hybridized carbons (Fsp3) is 0.667. The van der Waals surface area contributed by atoms with Gasteiger partial charge in [-0.25, -0.2) is 0 Å². The number of hydrogen-bond acceptors (Lipinski definition) is 3. The summed E-state index contributed by atoms with van der Waals surface area (Å²) in [4.78, 5) is 1.34. The molecule has 1 atom stereocenters. The van der Waals surface area contributed by atoms with Gasteiger partial charge in [0.1, 0.15) is 0 Å². The maximum absolute atomic E-state index is 5.17. The van der Waals surface area contributed by atoms with Gasteiger partial charge in [0.2, 0.25) is 0 Å². The van der Waals surface area contributed by atoms with Crippen LogP contribution in [0.2, 0.25) is 0 Å². The molecule has 1 aromatic rings. The summed E-state index contributed by atoms with van der Waals surface area (Å²) in [6, 6.07) is 4.76. The van der Waals surface area contributed by atoms with E-state index in [9.17, 15) is 0 Å². The van der Waals surface area contributed by atoms with Crippen LogP contribution in [0.4, 0.5) is 0 Å². The molecular weight excluding hydrogens is 206 g/mol. The summed E-state index contributed by atoms with van der Waals surface area (Å²) in [7, 11) is 1.71. The summed E-state index contributed by atoms with van der Waals surface area (Å²) in [6.45, 7) is 7.70. The molecule has 0 spiro atoms. The first-order valence-corrected chi connectivity index (χ1v) is 6.35. The molecule has 86 valence electrons. The van der Waals surface area contributed by atoms with Gasteiger partial charge in [0, 0.05) is 17.5 Å². The van der Waals surface area contributed by atoms with Crippen LogP contribution in [0, 0.1) is 5.92 Å². The molecule has 1 N–H and O–H groups in total. The number of thiophene rings is 1. The summed E-state index contributed by atoms with van der Waals surface area (Å²) in [5, 5.41) is 4.57. The van der Waals surface area contributed by atoms with Gasteiger partial charge in [0.05, 0.1) is 7.11 Å². The van der Waals surface area contributed by atoms with Crippen LogP contribution in [0.15, 0.2) is 12.1 Å². The lowest BCUT2D eigenvalue weighted by atomic mass is 10.0. The molecule has 15 heavy (non-hydrogen) atoms. The van der Waals surface area contributed by atoms with Crippen LogP contribution >= 0.6 is 11.3 Å². The minimum absolute atomic E-state index is 0.609. The van der Waals surface area contributed by atoms with Crippen LogP contribution in [0.3, 0.4) is 0 Å². The minimum Gasteiger partial charge on any atom is -0.487 e. The Bertz CT molecular complexity index is 283. The second kappa shape index (κ2) is 6.13. The molecule has 0 aliphatic carbocycles. The zero-order valence-corrected chi connectivity index (χ0v) is 10.9. The first-order valence-electron chi connectivity index (χ1n) is 5.53. The van der Waals surface area contributed by atoms with Crippen molar-refractivity contribution in [2.45, 2.75) is 39.8 Å². The van der Waals surface area contributed by atoms with Gasteiger partial charge in [-0.2, -0.15) is 0 Å². The number of methoxy groups -OCH3 is 1. The monoisotopic (exact) mass is 227 g/mol. The van der Waals surface area contributed by atoms with Crippen LogP contribution in [-0.2, 0) is 6.54 Å². The Kier molecular flexibility index (Phi) is 5.12. The van der Waals surface area contributed by atoms with Crippen molar-refractivity contribution in [2.75, 3.05) is 7.11 Å². The van der Waals surface area contributed by atoms with E-state index in [2.05, 4.69) is 32.2 Å². The minimum atomic E-state index is 0.609. The van der Waals surface area contributed by atoms with Crippen molar-refractivity contribution < 1.29 is 4.74 Å². The lowest BCUT2D eigenvalue weighted by Gasteiger charge is -2.20. The first kappa shape index (κ1) is 12.5. The first-order chi connectivity index (χ1) is 7.17. The molecule has 0 radical (unpaired) electrons. The molecular formula is C12H21NOS. The van der Waals surface area contributed by atoms with Crippen LogP contribution < -0.4 is 10.1 Å². The van der Waals surface area contributed by atoms with Crippen molar-refractivity contribution in [2.24, 2.45) is 5.92 Å². The summed E-state index contributed by atoms with van der Waals surface area (Å²) < 4.78 is 5.17. The maximum Gasteiger partial charge on any atom is 0.173 e. The molecule has 1 aromatic heterocycles. The van der Waals surface area contributed by atoms with Gasteiger partial charge in [-0.1, -0.05) is 20.8 Å². The average molecular weight is 227 g/mol. The van der Waals surface area contributed by atoms with Crippen molar-refractivity contribution in [3.63, 3.8) is 0 Å². The molecule has 0 saturated carbocycles. The molecule has 0 aromatic carbocycles. The van der Waals surface area contributed by atoms with E-state index in [-0.39, 0.29) is 0 Å². The Labute approximate surface area is 96.7 Å². The van der Waals surface area contributed by atoms with E-state index in [1.54, 1.807) is 18.4 Å². The molecule has 0 aliphatic rings. The molecule has 1 heterocycles. The molecule has 3 heteroatoms. The van der Waals surface area contributed by atoms with Gasteiger partial charge in [-0.3, -0.25) is 0 Å². The van der Waals surface area contributed by atoms with E-state index in [1.165, 1.54) is 11.3 Å². The zero-order valence-electron chi connectivity index (χ0n) is 10.0. The van der Waals surface area contributed by atoms with Crippen molar-refractivity contribution in [3.05, 3.63) is 17.0 Å². The predicted octanol–water partition coefficient (Wildman–Crippen LogP) is 3.28. The summed E-state index contributed by atoms with van der Waals surface area (Å²) in [6.07, 6.45) is 1.18. The van der Waals surface area contributed by atoms with Gasteiger partial charge >= 0.3 is 0 Å². The normalized spacial score (nSPS) is 13.1. The van der Waals surface area contributed by atoms with Crippen LogP contribution in [0.25, 0.3) is 0 Å². The van der Waals surface area contributed by atoms with Crippen molar-refractivity contribution in [3.8, 4) is 5.06 Å². The topological polar surface area (TPSA) is 21.3 Å². The highest BCUT2D eigenvalue weighted by molar-refractivity contribution is 7.13. The number of hydrogen-bond donors (Lipinski definition) is 1. The number of nitrogens with one attached hydrogen (secondary N) is 1. The lowest BCUT2D eigenvalue weighted by Crippen LogP contribution is -2.32. The van der Waals surface area contributed by atoms with E-state index in [4.69, 9.17) is 4.74 Å². The highest BCUT2D eigenvalue weighted by atomic mass is 32.1. The third kappa shape index (κ3) is 3.84. The van der Waals surface area contributed by atoms with Crippen molar-refractivity contribution in [1.29, 1.82) is 0 Å². The Morgan fingerprint density at radius 1 is 1.40 bits per heavy atom. The molecule has 0 saturated heterocycles. The van der Waals surface area contributed by atoms with Crippen LogP contribution in [0.1, 0.15) is 32.1 Å². The van der Waals surface area contributed by atoms with E-state index < -0.39 is 0 Å².